The van der Waals surface area contributed by atoms with Crippen LogP contribution in [0.25, 0.3) is 33.2 Å². The Morgan fingerprint density at radius 3 is 2.57 bits per heavy atom. The first-order chi connectivity index (χ1) is 10.3. The van der Waals surface area contributed by atoms with Gasteiger partial charge in [-0.25, -0.2) is 4.98 Å². The van der Waals surface area contributed by atoms with E-state index in [0.717, 1.165) is 33.2 Å². The minimum atomic E-state index is 0.686. The predicted molar refractivity (Wildman–Crippen MR) is 84.7 cm³/mol. The molecular weight excluding hydrogens is 260 g/mol. The van der Waals surface area contributed by atoms with E-state index < -0.39 is 0 Å². The normalized spacial score (nSPS) is 11.0. The standard InChI is InChI=1S/C17H12N4/c18-13-5-6-15-16(8-13)21-17(10-20-15)12-7-11-3-1-2-4-14(11)19-9-12/h1-10H,18H2. The SMILES string of the molecule is Nc1ccc2ncc(-c3cnc4ccccc4c3)nc2c1. The summed E-state index contributed by atoms with van der Waals surface area (Å²) in [4.78, 5) is 13.5. The van der Waals surface area contributed by atoms with Gasteiger partial charge in [0.2, 0.25) is 0 Å². The molecular formula is C17H12N4. The Labute approximate surface area is 121 Å². The first-order valence-electron chi connectivity index (χ1n) is 6.67. The van der Waals surface area contributed by atoms with E-state index in [1.807, 2.05) is 48.7 Å². The van der Waals surface area contributed by atoms with Crippen molar-refractivity contribution >= 4 is 27.6 Å². The molecule has 4 aromatic rings. The van der Waals surface area contributed by atoms with E-state index in [9.17, 15) is 0 Å². The number of rotatable bonds is 1. The highest BCUT2D eigenvalue weighted by atomic mass is 14.8. The Morgan fingerprint density at radius 2 is 1.62 bits per heavy atom. The molecule has 0 unspecified atom stereocenters. The highest BCUT2D eigenvalue weighted by molar-refractivity contribution is 5.84. The summed E-state index contributed by atoms with van der Waals surface area (Å²) >= 11 is 0. The van der Waals surface area contributed by atoms with E-state index in [-0.39, 0.29) is 0 Å². The number of aromatic nitrogens is 3. The van der Waals surface area contributed by atoms with Crippen molar-refractivity contribution in [3.05, 3.63) is 60.9 Å². The van der Waals surface area contributed by atoms with Crippen LogP contribution in [0.15, 0.2) is 60.9 Å². The number of hydrogen-bond acceptors (Lipinski definition) is 4. The van der Waals surface area contributed by atoms with Crippen LogP contribution in [0.3, 0.4) is 0 Å². The molecule has 0 bridgehead atoms. The highest BCUT2D eigenvalue weighted by Gasteiger charge is 2.05. The van der Waals surface area contributed by atoms with Crippen molar-refractivity contribution < 1.29 is 0 Å². The van der Waals surface area contributed by atoms with Crippen LogP contribution < -0.4 is 5.73 Å². The van der Waals surface area contributed by atoms with Crippen molar-refractivity contribution in [3.63, 3.8) is 0 Å². The van der Waals surface area contributed by atoms with E-state index in [0.29, 0.717) is 5.69 Å². The number of anilines is 1. The van der Waals surface area contributed by atoms with Crippen molar-refractivity contribution in [2.45, 2.75) is 0 Å². The lowest BCUT2D eigenvalue weighted by Gasteiger charge is -2.04. The van der Waals surface area contributed by atoms with Crippen molar-refractivity contribution in [3.8, 4) is 11.3 Å². The van der Waals surface area contributed by atoms with Crippen molar-refractivity contribution in [1.82, 2.24) is 15.0 Å². The van der Waals surface area contributed by atoms with Gasteiger partial charge in [-0.3, -0.25) is 9.97 Å². The fourth-order valence-electron chi connectivity index (χ4n) is 2.38. The number of para-hydroxylation sites is 1. The lowest BCUT2D eigenvalue weighted by molar-refractivity contribution is 1.28. The molecule has 0 aliphatic rings. The maximum atomic E-state index is 5.81. The van der Waals surface area contributed by atoms with Gasteiger partial charge in [0.05, 0.1) is 28.4 Å². The lowest BCUT2D eigenvalue weighted by Crippen LogP contribution is -1.91. The number of fused-ring (bicyclic) bond motifs is 2. The predicted octanol–water partition coefficient (Wildman–Crippen LogP) is 3.43. The van der Waals surface area contributed by atoms with Crippen molar-refractivity contribution in [1.29, 1.82) is 0 Å². The van der Waals surface area contributed by atoms with E-state index in [1.54, 1.807) is 6.20 Å². The van der Waals surface area contributed by atoms with Gasteiger partial charge in [-0.15, -0.1) is 0 Å². The Bertz CT molecular complexity index is 963. The monoisotopic (exact) mass is 272 g/mol. The molecule has 0 saturated carbocycles. The molecule has 2 heterocycles. The molecule has 0 aliphatic carbocycles. The van der Waals surface area contributed by atoms with Crippen LogP contribution in [0, 0.1) is 0 Å². The van der Waals surface area contributed by atoms with Gasteiger partial charge < -0.3 is 5.73 Å². The van der Waals surface area contributed by atoms with Gasteiger partial charge >= 0.3 is 0 Å². The second-order valence-electron chi connectivity index (χ2n) is 4.92. The van der Waals surface area contributed by atoms with Crippen LogP contribution in [0.1, 0.15) is 0 Å². The third-order valence-electron chi connectivity index (χ3n) is 3.45. The number of nitrogen functional groups attached to an aromatic ring is 1. The zero-order valence-electron chi connectivity index (χ0n) is 11.2. The van der Waals surface area contributed by atoms with Crippen LogP contribution in [0.5, 0.6) is 0 Å². The summed E-state index contributed by atoms with van der Waals surface area (Å²) in [6, 6.07) is 15.6. The number of benzene rings is 2. The molecule has 100 valence electrons. The third-order valence-corrected chi connectivity index (χ3v) is 3.45. The summed E-state index contributed by atoms with van der Waals surface area (Å²) in [6.45, 7) is 0. The van der Waals surface area contributed by atoms with E-state index >= 15 is 0 Å². The first-order valence-corrected chi connectivity index (χ1v) is 6.67. The molecule has 0 aliphatic heterocycles. The summed E-state index contributed by atoms with van der Waals surface area (Å²) in [5.74, 6) is 0. The molecule has 2 aromatic carbocycles. The van der Waals surface area contributed by atoms with Gasteiger partial charge in [0.1, 0.15) is 0 Å². The summed E-state index contributed by atoms with van der Waals surface area (Å²) in [7, 11) is 0. The van der Waals surface area contributed by atoms with E-state index in [4.69, 9.17) is 5.73 Å². The van der Waals surface area contributed by atoms with Crippen LogP contribution in [0.4, 0.5) is 5.69 Å². The van der Waals surface area contributed by atoms with Gasteiger partial charge in [-0.1, -0.05) is 18.2 Å². The van der Waals surface area contributed by atoms with Gasteiger partial charge in [0, 0.05) is 22.8 Å². The van der Waals surface area contributed by atoms with Crippen LogP contribution in [-0.4, -0.2) is 15.0 Å². The highest BCUT2D eigenvalue weighted by Crippen LogP contribution is 2.23. The molecule has 0 radical (unpaired) electrons. The molecule has 2 N–H and O–H groups in total. The zero-order chi connectivity index (χ0) is 14.2. The fraction of sp³-hybridized carbons (Fsp3) is 0. The Kier molecular flexibility index (Phi) is 2.54. The largest absolute Gasteiger partial charge is 0.399 e. The molecule has 0 fully saturated rings. The smallest absolute Gasteiger partial charge is 0.0914 e. The molecule has 21 heavy (non-hydrogen) atoms. The number of nitrogens with two attached hydrogens (primary N) is 1. The van der Waals surface area contributed by atoms with Gasteiger partial charge in [-0.05, 0) is 30.3 Å². The molecule has 4 heteroatoms. The zero-order valence-corrected chi connectivity index (χ0v) is 11.2. The Morgan fingerprint density at radius 1 is 0.762 bits per heavy atom. The summed E-state index contributed by atoms with van der Waals surface area (Å²) in [6.07, 6.45) is 3.59. The quantitative estimate of drug-likeness (QED) is 0.539. The van der Waals surface area contributed by atoms with Gasteiger partial charge in [0.15, 0.2) is 0 Å². The lowest BCUT2D eigenvalue weighted by atomic mass is 10.1. The average Bonchev–Trinajstić information content (AvgIpc) is 2.53. The van der Waals surface area contributed by atoms with Crippen LogP contribution >= 0.6 is 0 Å². The van der Waals surface area contributed by atoms with Gasteiger partial charge in [0.25, 0.3) is 0 Å². The molecule has 4 nitrogen and oxygen atoms in total. The van der Waals surface area contributed by atoms with Crippen molar-refractivity contribution in [2.24, 2.45) is 0 Å². The number of nitrogens with zero attached hydrogens (tertiary/aromatic N) is 3. The molecule has 0 amide bonds. The topological polar surface area (TPSA) is 64.7 Å². The molecule has 0 spiro atoms. The Balaban J connectivity index is 1.90. The van der Waals surface area contributed by atoms with Crippen LogP contribution in [0.2, 0.25) is 0 Å². The van der Waals surface area contributed by atoms with Crippen molar-refractivity contribution in [2.75, 3.05) is 5.73 Å². The second kappa shape index (κ2) is 4.52. The average molecular weight is 272 g/mol. The summed E-state index contributed by atoms with van der Waals surface area (Å²) < 4.78 is 0. The number of pyridine rings is 1. The molecule has 0 saturated heterocycles. The molecule has 0 atom stereocenters. The maximum absolute atomic E-state index is 5.81. The maximum Gasteiger partial charge on any atom is 0.0914 e. The first kappa shape index (κ1) is 11.8. The molecule has 4 rings (SSSR count). The minimum absolute atomic E-state index is 0.686. The van der Waals surface area contributed by atoms with E-state index in [2.05, 4.69) is 21.0 Å². The summed E-state index contributed by atoms with van der Waals surface area (Å²) in [5, 5.41) is 1.09. The molecule has 2 aromatic heterocycles. The Hall–Kier alpha value is -3.01. The van der Waals surface area contributed by atoms with E-state index in [1.165, 1.54) is 0 Å². The second-order valence-corrected chi connectivity index (χ2v) is 4.92. The third kappa shape index (κ3) is 2.07. The van der Waals surface area contributed by atoms with Crippen LogP contribution in [-0.2, 0) is 0 Å². The fourth-order valence-corrected chi connectivity index (χ4v) is 2.38. The number of hydrogen-bond donors (Lipinski definition) is 1. The minimum Gasteiger partial charge on any atom is -0.399 e. The summed E-state index contributed by atoms with van der Waals surface area (Å²) in [5.41, 5.74) is 10.8. The van der Waals surface area contributed by atoms with Gasteiger partial charge in [-0.2, -0.15) is 0 Å².